The molecule has 0 saturated heterocycles. The lowest BCUT2D eigenvalue weighted by molar-refractivity contribution is 0.0952. The zero-order chi connectivity index (χ0) is 14.4. The molecule has 1 aliphatic carbocycles. The highest BCUT2D eigenvalue weighted by atomic mass is 16.1. The van der Waals surface area contributed by atoms with Crippen molar-refractivity contribution in [1.82, 2.24) is 5.32 Å². The van der Waals surface area contributed by atoms with Crippen molar-refractivity contribution < 1.29 is 4.79 Å². The van der Waals surface area contributed by atoms with Gasteiger partial charge in [-0.05, 0) is 37.0 Å². The third kappa shape index (κ3) is 4.26. The fraction of sp³-hybridized carbons (Fsp3) is 0.588. The van der Waals surface area contributed by atoms with Crippen LogP contribution in [0.5, 0.6) is 0 Å². The highest BCUT2D eigenvalue weighted by molar-refractivity contribution is 5.95. The molecule has 3 heteroatoms. The number of hydrogen-bond donors (Lipinski definition) is 1. The molecule has 0 atom stereocenters. The third-order valence-electron chi connectivity index (χ3n) is 4.17. The lowest BCUT2D eigenvalue weighted by atomic mass is 10.0. The quantitative estimate of drug-likeness (QED) is 0.806. The van der Waals surface area contributed by atoms with Gasteiger partial charge in [0.05, 0.1) is 0 Å². The summed E-state index contributed by atoms with van der Waals surface area (Å²) < 4.78 is 0. The molecular formula is C17H26N2O. The van der Waals surface area contributed by atoms with Gasteiger partial charge in [-0.3, -0.25) is 4.79 Å². The Hall–Kier alpha value is -1.51. The highest BCUT2D eigenvalue weighted by Crippen LogP contribution is 2.28. The number of anilines is 1. The summed E-state index contributed by atoms with van der Waals surface area (Å²) in [6, 6.07) is 7.76. The fourth-order valence-corrected chi connectivity index (χ4v) is 2.92. The monoisotopic (exact) mass is 274 g/mol. The summed E-state index contributed by atoms with van der Waals surface area (Å²) in [6.07, 6.45) is 7.93. The van der Waals surface area contributed by atoms with Gasteiger partial charge >= 0.3 is 0 Å². The molecule has 0 bridgehead atoms. The first-order chi connectivity index (χ1) is 9.66. The first kappa shape index (κ1) is 14.9. The van der Waals surface area contributed by atoms with Crippen molar-refractivity contribution in [3.05, 3.63) is 29.8 Å². The number of amides is 1. The van der Waals surface area contributed by atoms with E-state index in [1.54, 1.807) is 0 Å². The van der Waals surface area contributed by atoms with Crippen LogP contribution in [0, 0.1) is 5.92 Å². The minimum atomic E-state index is 0.0418. The number of carbonyl (C=O) groups excluding carboxylic acids is 1. The average molecular weight is 274 g/mol. The van der Waals surface area contributed by atoms with Crippen molar-refractivity contribution in [2.24, 2.45) is 5.92 Å². The van der Waals surface area contributed by atoms with E-state index in [1.807, 2.05) is 43.3 Å². The molecule has 2 rings (SSSR count). The summed E-state index contributed by atoms with van der Waals surface area (Å²) in [6.45, 7) is 0.793. The lowest BCUT2D eigenvalue weighted by Crippen LogP contribution is -2.25. The molecule has 0 unspecified atom stereocenters. The largest absolute Gasteiger partial charge is 0.378 e. The Labute approximate surface area is 122 Å². The maximum atomic E-state index is 12.1. The van der Waals surface area contributed by atoms with Gasteiger partial charge in [-0.15, -0.1) is 0 Å². The van der Waals surface area contributed by atoms with Crippen LogP contribution >= 0.6 is 0 Å². The second-order valence-electron chi connectivity index (χ2n) is 5.99. The molecule has 3 nitrogen and oxygen atoms in total. The Morgan fingerprint density at radius 1 is 1.30 bits per heavy atom. The van der Waals surface area contributed by atoms with E-state index in [1.165, 1.54) is 32.1 Å². The summed E-state index contributed by atoms with van der Waals surface area (Å²) in [5, 5.41) is 3.03. The SMILES string of the molecule is CN(C)c1cccc(C(=O)NCCCC2CCCC2)c1. The summed E-state index contributed by atoms with van der Waals surface area (Å²) >= 11 is 0. The Kier molecular flexibility index (Phi) is 5.45. The van der Waals surface area contributed by atoms with Crippen LogP contribution in [0.25, 0.3) is 0 Å². The summed E-state index contributed by atoms with van der Waals surface area (Å²) in [5.41, 5.74) is 1.81. The van der Waals surface area contributed by atoms with Crippen LogP contribution in [0.15, 0.2) is 24.3 Å². The number of hydrogen-bond acceptors (Lipinski definition) is 2. The van der Waals surface area contributed by atoms with Gasteiger partial charge in [-0.25, -0.2) is 0 Å². The molecule has 1 saturated carbocycles. The maximum absolute atomic E-state index is 12.1. The number of nitrogens with zero attached hydrogens (tertiary/aromatic N) is 1. The predicted molar refractivity (Wildman–Crippen MR) is 84.3 cm³/mol. The van der Waals surface area contributed by atoms with Crippen LogP contribution in [0.4, 0.5) is 5.69 Å². The molecule has 0 aliphatic heterocycles. The normalized spacial score (nSPS) is 15.3. The third-order valence-corrected chi connectivity index (χ3v) is 4.17. The van der Waals surface area contributed by atoms with Crippen molar-refractivity contribution in [1.29, 1.82) is 0 Å². The maximum Gasteiger partial charge on any atom is 0.251 e. The van der Waals surface area contributed by atoms with Crippen molar-refractivity contribution in [2.75, 3.05) is 25.5 Å². The van der Waals surface area contributed by atoms with Gasteiger partial charge in [0.15, 0.2) is 0 Å². The number of nitrogens with one attached hydrogen (secondary N) is 1. The van der Waals surface area contributed by atoms with E-state index in [0.717, 1.165) is 30.1 Å². The molecule has 0 spiro atoms. The van der Waals surface area contributed by atoms with Gasteiger partial charge < -0.3 is 10.2 Å². The molecule has 1 N–H and O–H groups in total. The Morgan fingerprint density at radius 3 is 2.75 bits per heavy atom. The Morgan fingerprint density at radius 2 is 2.05 bits per heavy atom. The lowest BCUT2D eigenvalue weighted by Gasteiger charge is -2.14. The number of rotatable bonds is 6. The highest BCUT2D eigenvalue weighted by Gasteiger charge is 2.14. The van der Waals surface area contributed by atoms with Crippen LogP contribution in [0.1, 0.15) is 48.9 Å². The van der Waals surface area contributed by atoms with Gasteiger partial charge in [-0.1, -0.05) is 31.7 Å². The predicted octanol–water partition coefficient (Wildman–Crippen LogP) is 3.45. The molecule has 0 aromatic heterocycles. The number of carbonyl (C=O) groups is 1. The van der Waals surface area contributed by atoms with Gasteiger partial charge in [0, 0.05) is 31.9 Å². The molecular weight excluding hydrogens is 248 g/mol. The van der Waals surface area contributed by atoms with E-state index in [2.05, 4.69) is 5.32 Å². The van der Waals surface area contributed by atoms with Crippen LogP contribution in [-0.4, -0.2) is 26.5 Å². The van der Waals surface area contributed by atoms with Crippen LogP contribution in [0.2, 0.25) is 0 Å². The molecule has 0 radical (unpaired) electrons. The molecule has 110 valence electrons. The minimum Gasteiger partial charge on any atom is -0.378 e. The molecule has 20 heavy (non-hydrogen) atoms. The minimum absolute atomic E-state index is 0.0418. The smallest absolute Gasteiger partial charge is 0.251 e. The second kappa shape index (κ2) is 7.32. The zero-order valence-corrected chi connectivity index (χ0v) is 12.7. The molecule has 1 amide bonds. The molecule has 1 aromatic rings. The van der Waals surface area contributed by atoms with Crippen molar-refractivity contribution in [3.63, 3.8) is 0 Å². The Bertz CT molecular complexity index is 436. The van der Waals surface area contributed by atoms with Crippen LogP contribution < -0.4 is 10.2 Å². The first-order valence-corrected chi connectivity index (χ1v) is 7.72. The van der Waals surface area contributed by atoms with E-state index >= 15 is 0 Å². The summed E-state index contributed by atoms with van der Waals surface area (Å²) in [4.78, 5) is 14.1. The van der Waals surface area contributed by atoms with Crippen LogP contribution in [-0.2, 0) is 0 Å². The Balaban J connectivity index is 1.75. The van der Waals surface area contributed by atoms with E-state index in [0.29, 0.717) is 0 Å². The van der Waals surface area contributed by atoms with Gasteiger partial charge in [0.25, 0.3) is 5.91 Å². The molecule has 1 aromatic carbocycles. The molecule has 1 fully saturated rings. The molecule has 0 heterocycles. The van der Waals surface area contributed by atoms with Crippen LogP contribution in [0.3, 0.4) is 0 Å². The summed E-state index contributed by atoms with van der Waals surface area (Å²) in [7, 11) is 3.97. The van der Waals surface area contributed by atoms with Crippen molar-refractivity contribution in [2.45, 2.75) is 38.5 Å². The van der Waals surface area contributed by atoms with E-state index < -0.39 is 0 Å². The van der Waals surface area contributed by atoms with Crippen molar-refractivity contribution in [3.8, 4) is 0 Å². The summed E-state index contributed by atoms with van der Waals surface area (Å²) in [5.74, 6) is 0.948. The fourth-order valence-electron chi connectivity index (χ4n) is 2.92. The number of benzene rings is 1. The average Bonchev–Trinajstić information content (AvgIpc) is 2.96. The van der Waals surface area contributed by atoms with E-state index in [-0.39, 0.29) is 5.91 Å². The van der Waals surface area contributed by atoms with Gasteiger partial charge in [0.1, 0.15) is 0 Å². The second-order valence-corrected chi connectivity index (χ2v) is 5.99. The zero-order valence-electron chi connectivity index (χ0n) is 12.7. The standard InChI is InChI=1S/C17H26N2O/c1-19(2)16-11-5-10-15(13-16)17(20)18-12-6-9-14-7-3-4-8-14/h5,10-11,13-14H,3-4,6-9,12H2,1-2H3,(H,18,20). The topological polar surface area (TPSA) is 32.3 Å². The first-order valence-electron chi connectivity index (χ1n) is 7.72. The van der Waals surface area contributed by atoms with E-state index in [4.69, 9.17) is 0 Å². The van der Waals surface area contributed by atoms with Gasteiger partial charge in [-0.2, -0.15) is 0 Å². The van der Waals surface area contributed by atoms with Gasteiger partial charge in [0.2, 0.25) is 0 Å². The van der Waals surface area contributed by atoms with Crippen molar-refractivity contribution >= 4 is 11.6 Å². The molecule has 1 aliphatic rings. The van der Waals surface area contributed by atoms with E-state index in [9.17, 15) is 4.79 Å².